The van der Waals surface area contributed by atoms with Crippen molar-refractivity contribution >= 4 is 5.78 Å². The molecule has 0 radical (unpaired) electrons. The molecule has 136 valence electrons. The Morgan fingerprint density at radius 1 is 1.09 bits per heavy atom. The second-order valence-corrected chi connectivity index (χ2v) is 4.37. The summed E-state index contributed by atoms with van der Waals surface area (Å²) in [7, 11) is 4.85. The summed E-state index contributed by atoms with van der Waals surface area (Å²) in [6, 6.07) is 0. The van der Waals surface area contributed by atoms with E-state index in [1.807, 2.05) is 0 Å². The fraction of sp³-hybridized carbons (Fsp3) is 0.917. The van der Waals surface area contributed by atoms with Crippen LogP contribution in [0.4, 0.5) is 0 Å². The third kappa shape index (κ3) is 4.64. The normalized spacial score (nSPS) is 35.1. The highest BCUT2D eigenvalue weighted by Gasteiger charge is 2.61. The minimum absolute atomic E-state index is 0.263. The summed E-state index contributed by atoms with van der Waals surface area (Å²) in [4.78, 5) is 50.2. The average molecular weight is 343 g/mol. The molecule has 1 aliphatic rings. The summed E-state index contributed by atoms with van der Waals surface area (Å²) >= 11 is 0. The van der Waals surface area contributed by atoms with E-state index < -0.39 is 42.9 Å². The number of rotatable bonds is 10. The number of carbonyl (C=O) groups is 1. The van der Waals surface area contributed by atoms with Crippen LogP contribution in [0.25, 0.3) is 0 Å². The van der Waals surface area contributed by atoms with Crippen LogP contribution in [0, 0.1) is 0 Å². The molecule has 0 aromatic carbocycles. The molecule has 0 spiro atoms. The number of ketones is 1. The zero-order valence-electron chi connectivity index (χ0n) is 14.3. The SMILES string of the molecule is [2H]CC(=O)C1(O)O[C@H](COOC)[C@@H](OOC)[C@H](OOC)[C@@H]1OOC. The van der Waals surface area contributed by atoms with Crippen molar-refractivity contribution in [2.45, 2.75) is 37.1 Å². The van der Waals surface area contributed by atoms with Crippen LogP contribution in [0.2, 0.25) is 0 Å². The van der Waals surface area contributed by atoms with Gasteiger partial charge in [0.2, 0.25) is 0 Å². The highest BCUT2D eigenvalue weighted by molar-refractivity contribution is 5.84. The summed E-state index contributed by atoms with van der Waals surface area (Å²) in [5, 5.41) is 10.7. The number of ether oxygens (including phenoxy) is 1. The molecule has 11 heteroatoms. The molecule has 1 rings (SSSR count). The predicted molar refractivity (Wildman–Crippen MR) is 69.1 cm³/mol. The molecule has 0 aliphatic carbocycles. The van der Waals surface area contributed by atoms with Crippen LogP contribution in [0.3, 0.4) is 0 Å². The molecule has 1 fully saturated rings. The number of hydrogen-bond donors (Lipinski definition) is 1. The maximum Gasteiger partial charge on any atom is 0.259 e. The molecule has 5 atom stereocenters. The molecule has 1 unspecified atom stereocenters. The minimum atomic E-state index is -2.57. The lowest BCUT2D eigenvalue weighted by Gasteiger charge is -2.46. The first-order valence-corrected chi connectivity index (χ1v) is 6.46. The fourth-order valence-corrected chi connectivity index (χ4v) is 2.13. The van der Waals surface area contributed by atoms with E-state index in [1.54, 1.807) is 0 Å². The maximum atomic E-state index is 12.1. The summed E-state index contributed by atoms with van der Waals surface area (Å²) in [5.74, 6) is -3.57. The molecular weight excluding hydrogens is 320 g/mol. The zero-order valence-corrected chi connectivity index (χ0v) is 13.3. The largest absolute Gasteiger partial charge is 0.357 e. The Balaban J connectivity index is 3.22. The van der Waals surface area contributed by atoms with Crippen LogP contribution in [0.1, 0.15) is 8.27 Å². The van der Waals surface area contributed by atoms with Gasteiger partial charge < -0.3 is 9.84 Å². The molecule has 1 aliphatic heterocycles. The van der Waals surface area contributed by atoms with E-state index in [9.17, 15) is 9.90 Å². The monoisotopic (exact) mass is 343 g/mol. The highest BCUT2D eigenvalue weighted by atomic mass is 17.2. The molecule has 1 heterocycles. The van der Waals surface area contributed by atoms with E-state index in [1.165, 1.54) is 21.3 Å². The maximum absolute atomic E-state index is 12.1. The van der Waals surface area contributed by atoms with Crippen molar-refractivity contribution in [3.8, 4) is 0 Å². The smallest absolute Gasteiger partial charge is 0.259 e. The molecule has 0 aromatic rings. The average Bonchev–Trinajstić information content (AvgIpc) is 2.58. The van der Waals surface area contributed by atoms with E-state index in [4.69, 9.17) is 25.7 Å². The second kappa shape index (κ2) is 9.54. The van der Waals surface area contributed by atoms with Gasteiger partial charge in [0.25, 0.3) is 5.79 Å². The topological polar surface area (TPSA) is 120 Å². The number of aliphatic hydroxyl groups is 1. The molecule has 23 heavy (non-hydrogen) atoms. The molecule has 0 aromatic heterocycles. The summed E-state index contributed by atoms with van der Waals surface area (Å²) < 4.78 is 12.6. The Labute approximate surface area is 134 Å². The lowest BCUT2D eigenvalue weighted by atomic mass is 9.90. The first-order chi connectivity index (χ1) is 11.5. The number of hydrogen-bond acceptors (Lipinski definition) is 11. The molecule has 0 saturated carbocycles. The van der Waals surface area contributed by atoms with Crippen molar-refractivity contribution in [1.29, 1.82) is 0 Å². The van der Waals surface area contributed by atoms with Crippen LogP contribution in [-0.2, 0) is 48.6 Å². The van der Waals surface area contributed by atoms with Gasteiger partial charge in [-0.25, -0.2) is 39.1 Å². The third-order valence-electron chi connectivity index (χ3n) is 3.07. The summed E-state index contributed by atoms with van der Waals surface area (Å²) in [5.41, 5.74) is 0. The Morgan fingerprint density at radius 3 is 2.22 bits per heavy atom. The van der Waals surface area contributed by atoms with Gasteiger partial charge in [-0.2, -0.15) is 0 Å². The molecule has 11 nitrogen and oxygen atoms in total. The van der Waals surface area contributed by atoms with E-state index >= 15 is 0 Å². The van der Waals surface area contributed by atoms with Gasteiger partial charge in [-0.15, -0.1) is 0 Å². The zero-order chi connectivity index (χ0) is 18.2. The molecule has 1 saturated heterocycles. The quantitative estimate of drug-likeness (QED) is 0.391. The number of Topliss-reactive ketones (excluding diaryl/α,β-unsaturated/α-hetero) is 1. The molecule has 1 N–H and O–H groups in total. The predicted octanol–water partition coefficient (Wildman–Crippen LogP) is -0.919. The lowest BCUT2D eigenvalue weighted by molar-refractivity contribution is -0.481. The van der Waals surface area contributed by atoms with Crippen molar-refractivity contribution < 1.29 is 55.1 Å². The first kappa shape index (κ1) is 18.6. The fourth-order valence-electron chi connectivity index (χ4n) is 2.13. The van der Waals surface area contributed by atoms with E-state index in [-0.39, 0.29) is 6.61 Å². The van der Waals surface area contributed by atoms with Crippen LogP contribution in [-0.4, -0.2) is 76.1 Å². The van der Waals surface area contributed by atoms with Gasteiger partial charge in [-0.3, -0.25) is 4.79 Å². The van der Waals surface area contributed by atoms with E-state index in [0.29, 0.717) is 0 Å². The first-order valence-electron chi connectivity index (χ1n) is 7.17. The van der Waals surface area contributed by atoms with Gasteiger partial charge in [0.1, 0.15) is 12.7 Å². The molecular formula is C12H22O11. The molecule has 0 amide bonds. The van der Waals surface area contributed by atoms with Crippen molar-refractivity contribution in [3.63, 3.8) is 0 Å². The third-order valence-corrected chi connectivity index (χ3v) is 3.07. The Hall–Kier alpha value is -0.730. The minimum Gasteiger partial charge on any atom is -0.357 e. The lowest BCUT2D eigenvalue weighted by Crippen LogP contribution is -2.69. The van der Waals surface area contributed by atoms with Gasteiger partial charge in [0.05, 0.1) is 28.4 Å². The van der Waals surface area contributed by atoms with Crippen molar-refractivity contribution in [3.05, 3.63) is 0 Å². The van der Waals surface area contributed by atoms with Crippen molar-refractivity contribution in [2.24, 2.45) is 0 Å². The Kier molecular flexibility index (Phi) is 7.72. The Morgan fingerprint density at radius 2 is 1.70 bits per heavy atom. The number of carbonyl (C=O) groups excluding carboxylic acids is 1. The van der Waals surface area contributed by atoms with Crippen LogP contribution >= 0.6 is 0 Å². The highest BCUT2D eigenvalue weighted by Crippen LogP contribution is 2.34. The second-order valence-electron chi connectivity index (χ2n) is 4.37. The van der Waals surface area contributed by atoms with Crippen molar-refractivity contribution in [2.75, 3.05) is 35.0 Å². The van der Waals surface area contributed by atoms with Gasteiger partial charge in [-0.1, -0.05) is 0 Å². The summed E-state index contributed by atoms with van der Waals surface area (Å²) in [6.07, 6.45) is -4.94. The van der Waals surface area contributed by atoms with Crippen LogP contribution in [0.5, 0.6) is 0 Å². The van der Waals surface area contributed by atoms with Crippen LogP contribution in [0.15, 0.2) is 0 Å². The van der Waals surface area contributed by atoms with Crippen molar-refractivity contribution in [1.82, 2.24) is 0 Å². The van der Waals surface area contributed by atoms with E-state index in [2.05, 4.69) is 19.6 Å². The molecule has 0 bridgehead atoms. The van der Waals surface area contributed by atoms with Crippen LogP contribution < -0.4 is 0 Å². The van der Waals surface area contributed by atoms with Gasteiger partial charge in [-0.05, 0) is 0 Å². The van der Waals surface area contributed by atoms with Gasteiger partial charge in [0.15, 0.2) is 24.1 Å². The van der Waals surface area contributed by atoms with E-state index in [0.717, 1.165) is 7.11 Å². The Bertz CT molecular complexity index is 384. The van der Waals surface area contributed by atoms with Gasteiger partial charge >= 0.3 is 0 Å². The standard InChI is InChI=1S/C12H22O11/c1-7(13)12(14)11(23-18-5)10(22-17-4)9(21-16-3)8(20-12)6-19-15-2/h8-11,14H,6H2,1-5H3/t8-,9-,10+,11+,12?/m1/s1/i1D. The summed E-state index contributed by atoms with van der Waals surface area (Å²) in [6.45, 7) is -1.05. The van der Waals surface area contributed by atoms with Gasteiger partial charge in [0, 0.05) is 8.27 Å².